The van der Waals surface area contributed by atoms with Crippen molar-refractivity contribution in [3.05, 3.63) is 64.1 Å². The zero-order valence-corrected chi connectivity index (χ0v) is 22.7. The topological polar surface area (TPSA) is 86.8 Å². The zero-order valence-electron chi connectivity index (χ0n) is 20.3. The summed E-state index contributed by atoms with van der Waals surface area (Å²) in [5, 5.41) is 3.81. The van der Waals surface area contributed by atoms with Crippen LogP contribution in [0.1, 0.15) is 45.1 Å². The van der Waals surface area contributed by atoms with E-state index < -0.39 is 16.1 Å². The molecular weight excluding hydrogens is 509 g/mol. The van der Waals surface area contributed by atoms with Gasteiger partial charge in [-0.2, -0.15) is 0 Å². The maximum Gasteiger partial charge on any atom is 0.242 e. The minimum Gasteiger partial charge on any atom is -0.354 e. The second-order valence-corrected chi connectivity index (χ2v) is 11.0. The van der Waals surface area contributed by atoms with Crippen molar-refractivity contribution in [2.24, 2.45) is 0 Å². The van der Waals surface area contributed by atoms with E-state index in [1.807, 2.05) is 26.0 Å². The molecule has 2 aromatic rings. The Morgan fingerprint density at radius 2 is 1.77 bits per heavy atom. The zero-order chi connectivity index (χ0) is 26.0. The summed E-state index contributed by atoms with van der Waals surface area (Å²) in [6.07, 6.45) is 2.67. The summed E-state index contributed by atoms with van der Waals surface area (Å²) in [5.74, 6) is -0.464. The molecule has 0 heterocycles. The van der Waals surface area contributed by atoms with Gasteiger partial charge in [0.1, 0.15) is 6.04 Å². The van der Waals surface area contributed by atoms with Gasteiger partial charge in [-0.3, -0.25) is 13.9 Å². The third kappa shape index (κ3) is 8.70. The van der Waals surface area contributed by atoms with Crippen molar-refractivity contribution < 1.29 is 18.0 Å². The predicted molar refractivity (Wildman–Crippen MR) is 142 cm³/mol. The number of nitrogens with zero attached hydrogens (tertiary/aromatic N) is 2. The first-order valence-corrected chi connectivity index (χ1v) is 14.2. The molecule has 7 nitrogen and oxygen atoms in total. The fraction of sp³-hybridized carbons (Fsp3) is 0.440. The van der Waals surface area contributed by atoms with Gasteiger partial charge in [0.05, 0.1) is 11.9 Å². The van der Waals surface area contributed by atoms with Crippen molar-refractivity contribution >= 4 is 50.7 Å². The molecule has 0 radical (unpaired) electrons. The van der Waals surface area contributed by atoms with E-state index >= 15 is 0 Å². The lowest BCUT2D eigenvalue weighted by Gasteiger charge is -2.31. The molecular formula is C25H33Cl2N3O4S. The van der Waals surface area contributed by atoms with Crippen molar-refractivity contribution in [3.8, 4) is 0 Å². The Kier molecular flexibility index (Phi) is 11.3. The Morgan fingerprint density at radius 1 is 1.06 bits per heavy atom. The van der Waals surface area contributed by atoms with Crippen LogP contribution in [0.5, 0.6) is 0 Å². The molecule has 35 heavy (non-hydrogen) atoms. The van der Waals surface area contributed by atoms with Crippen molar-refractivity contribution in [2.45, 2.75) is 52.1 Å². The first-order valence-electron chi connectivity index (χ1n) is 11.6. The number of sulfonamides is 1. The normalized spacial score (nSPS) is 12.1. The van der Waals surface area contributed by atoms with Crippen molar-refractivity contribution in [3.63, 3.8) is 0 Å². The number of carbonyl (C=O) groups is 2. The number of hydrogen-bond donors (Lipinski definition) is 1. The molecule has 0 unspecified atom stereocenters. The Balaban J connectivity index is 2.21. The van der Waals surface area contributed by atoms with Crippen molar-refractivity contribution in [2.75, 3.05) is 23.7 Å². The second kappa shape index (κ2) is 13.7. The third-order valence-electron chi connectivity index (χ3n) is 5.48. The van der Waals surface area contributed by atoms with Crippen LogP contribution in [0.2, 0.25) is 10.0 Å². The van der Waals surface area contributed by atoms with E-state index in [0.29, 0.717) is 28.7 Å². The molecule has 2 aromatic carbocycles. The molecule has 0 aromatic heterocycles. The molecule has 0 aliphatic heterocycles. The lowest BCUT2D eigenvalue weighted by Crippen LogP contribution is -2.49. The molecule has 0 saturated carbocycles. The summed E-state index contributed by atoms with van der Waals surface area (Å²) >= 11 is 12.4. The highest BCUT2D eigenvalue weighted by Gasteiger charge is 2.29. The fourth-order valence-electron chi connectivity index (χ4n) is 3.73. The monoisotopic (exact) mass is 541 g/mol. The largest absolute Gasteiger partial charge is 0.354 e. The van der Waals surface area contributed by atoms with E-state index in [1.165, 1.54) is 9.21 Å². The molecule has 0 bridgehead atoms. The van der Waals surface area contributed by atoms with E-state index in [1.54, 1.807) is 36.4 Å². The molecule has 0 spiro atoms. The van der Waals surface area contributed by atoms with Gasteiger partial charge < -0.3 is 10.2 Å². The standard InChI is InChI=1S/C25H33Cl2N3O4S/c1-4-15-28-25(32)23(5-2)29(18-19-10-6-7-13-22(19)27)24(31)14-9-16-30(35(3,33)34)21-12-8-11-20(26)17-21/h6-8,10-13,17,23H,4-5,9,14-16,18H2,1-3H3,(H,28,32)/t23-/m0/s1. The number of anilines is 1. The number of benzene rings is 2. The van der Waals surface area contributed by atoms with Crippen molar-refractivity contribution in [1.29, 1.82) is 0 Å². The van der Waals surface area contributed by atoms with E-state index in [-0.39, 0.29) is 37.7 Å². The highest BCUT2D eigenvalue weighted by Crippen LogP contribution is 2.23. The molecule has 0 fully saturated rings. The molecule has 10 heteroatoms. The molecule has 2 amide bonds. The van der Waals surface area contributed by atoms with Crippen LogP contribution in [-0.2, 0) is 26.2 Å². The summed E-state index contributed by atoms with van der Waals surface area (Å²) in [6, 6.07) is 13.1. The number of halogens is 2. The summed E-state index contributed by atoms with van der Waals surface area (Å²) in [4.78, 5) is 27.8. The Labute approximate surface area is 218 Å². The van der Waals surface area contributed by atoms with E-state index in [0.717, 1.165) is 18.2 Å². The molecule has 192 valence electrons. The molecule has 2 rings (SSSR count). The van der Waals surface area contributed by atoms with Gasteiger partial charge in [-0.05, 0) is 49.1 Å². The molecule has 0 saturated heterocycles. The summed E-state index contributed by atoms with van der Waals surface area (Å²) in [5.41, 5.74) is 1.17. The first-order chi connectivity index (χ1) is 16.6. The SMILES string of the molecule is CCCNC(=O)[C@H](CC)N(Cc1ccccc1Cl)C(=O)CCCN(c1cccc(Cl)c1)S(C)(=O)=O. The van der Waals surface area contributed by atoms with Gasteiger partial charge in [0.25, 0.3) is 0 Å². The highest BCUT2D eigenvalue weighted by atomic mass is 35.5. The average Bonchev–Trinajstić information content (AvgIpc) is 2.80. The van der Waals surface area contributed by atoms with Gasteiger partial charge in [0.2, 0.25) is 21.8 Å². The van der Waals surface area contributed by atoms with Gasteiger partial charge in [-0.15, -0.1) is 0 Å². The van der Waals surface area contributed by atoms with Crippen molar-refractivity contribution in [1.82, 2.24) is 10.2 Å². The smallest absolute Gasteiger partial charge is 0.242 e. The van der Waals surface area contributed by atoms with Crippen LogP contribution in [0.4, 0.5) is 5.69 Å². The van der Waals surface area contributed by atoms with Gasteiger partial charge in [-0.25, -0.2) is 8.42 Å². The molecule has 1 atom stereocenters. The third-order valence-corrected chi connectivity index (χ3v) is 7.28. The molecule has 0 aliphatic rings. The fourth-order valence-corrected chi connectivity index (χ4v) is 5.07. The van der Waals surface area contributed by atoms with E-state index in [9.17, 15) is 18.0 Å². The molecule has 1 N–H and O–H groups in total. The highest BCUT2D eigenvalue weighted by molar-refractivity contribution is 7.92. The number of hydrogen-bond acceptors (Lipinski definition) is 4. The minimum absolute atomic E-state index is 0.0641. The average molecular weight is 543 g/mol. The van der Waals surface area contributed by atoms with Crippen LogP contribution in [0.15, 0.2) is 48.5 Å². The van der Waals surface area contributed by atoms with Crippen LogP contribution in [-0.4, -0.2) is 50.5 Å². The summed E-state index contributed by atoms with van der Waals surface area (Å²) < 4.78 is 26.0. The predicted octanol–water partition coefficient (Wildman–Crippen LogP) is 4.87. The number of amides is 2. The number of rotatable bonds is 13. The number of nitrogens with one attached hydrogen (secondary N) is 1. The quantitative estimate of drug-likeness (QED) is 0.391. The summed E-state index contributed by atoms with van der Waals surface area (Å²) in [7, 11) is -3.58. The Bertz CT molecular complexity index is 1110. The van der Waals surface area contributed by atoms with Crippen LogP contribution < -0.4 is 9.62 Å². The minimum atomic E-state index is -3.58. The van der Waals surface area contributed by atoms with Gasteiger partial charge >= 0.3 is 0 Å². The number of carbonyl (C=O) groups excluding carboxylic acids is 2. The van der Waals surface area contributed by atoms with Crippen LogP contribution >= 0.6 is 23.2 Å². The van der Waals surface area contributed by atoms with Crippen LogP contribution in [0, 0.1) is 0 Å². The maximum absolute atomic E-state index is 13.4. The van der Waals surface area contributed by atoms with Gasteiger partial charge in [0, 0.05) is 36.1 Å². The van der Waals surface area contributed by atoms with Crippen LogP contribution in [0.25, 0.3) is 0 Å². The van der Waals surface area contributed by atoms with E-state index in [2.05, 4.69) is 5.32 Å². The Hall–Kier alpha value is -2.29. The molecule has 0 aliphatic carbocycles. The second-order valence-electron chi connectivity index (χ2n) is 8.25. The summed E-state index contributed by atoms with van der Waals surface area (Å²) in [6.45, 7) is 4.62. The van der Waals surface area contributed by atoms with Gasteiger partial charge in [0.15, 0.2) is 0 Å². The lowest BCUT2D eigenvalue weighted by molar-refractivity contribution is -0.141. The first kappa shape index (κ1) is 28.9. The van der Waals surface area contributed by atoms with E-state index in [4.69, 9.17) is 23.2 Å². The van der Waals surface area contributed by atoms with Gasteiger partial charge in [-0.1, -0.05) is 61.3 Å². The Morgan fingerprint density at radius 3 is 2.37 bits per heavy atom. The lowest BCUT2D eigenvalue weighted by atomic mass is 10.1. The van der Waals surface area contributed by atoms with Crippen LogP contribution in [0.3, 0.4) is 0 Å². The maximum atomic E-state index is 13.4.